The molecule has 0 fully saturated rings. The summed E-state index contributed by atoms with van der Waals surface area (Å²) in [5, 5.41) is 9.52. The Bertz CT molecular complexity index is 732. The van der Waals surface area contributed by atoms with Crippen LogP contribution in [0.15, 0.2) is 67.0 Å². The van der Waals surface area contributed by atoms with E-state index in [4.69, 9.17) is 0 Å². The lowest BCUT2D eigenvalue weighted by molar-refractivity contribution is -0.602. The van der Waals surface area contributed by atoms with Crippen molar-refractivity contribution in [2.75, 3.05) is 0 Å². The second-order valence-corrected chi connectivity index (χ2v) is 5.55. The number of rotatable bonds is 5. The zero-order chi connectivity index (χ0) is 15.4. The predicted molar refractivity (Wildman–Crippen MR) is 87.8 cm³/mol. The summed E-state index contributed by atoms with van der Waals surface area (Å²) in [6, 6.07) is 18.8. The van der Waals surface area contributed by atoms with Gasteiger partial charge in [-0.05, 0) is 25.0 Å². The van der Waals surface area contributed by atoms with E-state index >= 15 is 0 Å². The second-order valence-electron chi connectivity index (χ2n) is 5.55. The van der Waals surface area contributed by atoms with Crippen LogP contribution in [0.2, 0.25) is 0 Å². The summed E-state index contributed by atoms with van der Waals surface area (Å²) in [4.78, 5) is 3.29. The highest BCUT2D eigenvalue weighted by molar-refractivity contribution is 5.70. The van der Waals surface area contributed by atoms with E-state index in [0.29, 0.717) is 0 Å². The minimum atomic E-state index is -0.291. The standard InChI is InChI=1S/C19H20N2O/c1-15(22)11-12-19-20-13-14-21(19)18-10-6-5-9-17(18)16-7-3-2-4-8-16/h2-10,13-15,22H,11-12H2,1H3/p+1. The molecule has 2 aromatic carbocycles. The van der Waals surface area contributed by atoms with Crippen molar-refractivity contribution in [3.8, 4) is 16.8 Å². The van der Waals surface area contributed by atoms with Gasteiger partial charge in [-0.2, -0.15) is 4.57 Å². The zero-order valence-corrected chi connectivity index (χ0v) is 12.7. The molecule has 1 heterocycles. The highest BCUT2D eigenvalue weighted by Crippen LogP contribution is 2.23. The summed E-state index contributed by atoms with van der Waals surface area (Å²) in [5.41, 5.74) is 3.55. The van der Waals surface area contributed by atoms with Gasteiger partial charge in [0.2, 0.25) is 0 Å². The van der Waals surface area contributed by atoms with Gasteiger partial charge >= 0.3 is 0 Å². The smallest absolute Gasteiger partial charge is 0.259 e. The maximum absolute atomic E-state index is 9.52. The lowest BCUT2D eigenvalue weighted by Crippen LogP contribution is -2.34. The lowest BCUT2D eigenvalue weighted by Gasteiger charge is -2.08. The van der Waals surface area contributed by atoms with E-state index < -0.39 is 0 Å². The highest BCUT2D eigenvalue weighted by Gasteiger charge is 2.17. The average Bonchev–Trinajstić information content (AvgIpc) is 3.02. The number of aromatic amines is 1. The van der Waals surface area contributed by atoms with Crippen molar-refractivity contribution in [2.45, 2.75) is 25.9 Å². The number of imidazole rings is 1. The Morgan fingerprint density at radius 3 is 2.55 bits per heavy atom. The van der Waals surface area contributed by atoms with Crippen molar-refractivity contribution < 1.29 is 9.67 Å². The van der Waals surface area contributed by atoms with Crippen molar-refractivity contribution in [2.24, 2.45) is 0 Å². The topological polar surface area (TPSA) is 39.9 Å². The molecule has 1 unspecified atom stereocenters. The fourth-order valence-electron chi connectivity index (χ4n) is 2.68. The maximum Gasteiger partial charge on any atom is 0.259 e. The molecule has 0 aliphatic carbocycles. The van der Waals surface area contributed by atoms with E-state index in [2.05, 4.69) is 58.1 Å². The van der Waals surface area contributed by atoms with Gasteiger partial charge in [0.25, 0.3) is 5.82 Å². The molecule has 1 aromatic heterocycles. The van der Waals surface area contributed by atoms with Gasteiger partial charge in [0.05, 0.1) is 12.5 Å². The van der Waals surface area contributed by atoms with Crippen molar-refractivity contribution >= 4 is 0 Å². The summed E-state index contributed by atoms with van der Waals surface area (Å²) < 4.78 is 2.17. The molecular formula is C19H21N2O+. The molecule has 0 bridgehead atoms. The van der Waals surface area contributed by atoms with Crippen LogP contribution in [0.3, 0.4) is 0 Å². The lowest BCUT2D eigenvalue weighted by atomic mass is 10.0. The molecule has 0 aliphatic heterocycles. The molecule has 0 saturated carbocycles. The van der Waals surface area contributed by atoms with Crippen LogP contribution in [0.4, 0.5) is 0 Å². The van der Waals surface area contributed by atoms with Crippen LogP contribution in [0, 0.1) is 0 Å². The van der Waals surface area contributed by atoms with E-state index in [-0.39, 0.29) is 6.10 Å². The third kappa shape index (κ3) is 3.10. The first-order valence-electron chi connectivity index (χ1n) is 7.66. The van der Waals surface area contributed by atoms with Gasteiger partial charge < -0.3 is 5.11 Å². The van der Waals surface area contributed by atoms with Crippen LogP contribution in [-0.4, -0.2) is 16.2 Å². The summed E-state index contributed by atoms with van der Waals surface area (Å²) in [5.74, 6) is 1.10. The molecule has 0 spiro atoms. The molecule has 0 saturated heterocycles. The van der Waals surface area contributed by atoms with Crippen molar-refractivity contribution in [3.63, 3.8) is 0 Å². The quantitative estimate of drug-likeness (QED) is 0.696. The number of benzene rings is 2. The second kappa shape index (κ2) is 6.58. The third-order valence-electron chi connectivity index (χ3n) is 3.81. The van der Waals surface area contributed by atoms with E-state index in [9.17, 15) is 5.11 Å². The summed E-state index contributed by atoms with van der Waals surface area (Å²) >= 11 is 0. The van der Waals surface area contributed by atoms with Crippen molar-refractivity contribution in [1.29, 1.82) is 0 Å². The molecule has 3 rings (SSSR count). The normalized spacial score (nSPS) is 12.3. The van der Waals surface area contributed by atoms with E-state index in [1.165, 1.54) is 11.1 Å². The van der Waals surface area contributed by atoms with Gasteiger partial charge in [0.1, 0.15) is 18.1 Å². The Balaban J connectivity index is 2.02. The Hall–Kier alpha value is -2.39. The van der Waals surface area contributed by atoms with Crippen LogP contribution in [0.25, 0.3) is 16.8 Å². The molecule has 112 valence electrons. The monoisotopic (exact) mass is 293 g/mol. The molecule has 0 aliphatic rings. The predicted octanol–water partition coefficient (Wildman–Crippen LogP) is 3.27. The van der Waals surface area contributed by atoms with E-state index in [1.54, 1.807) is 0 Å². The molecule has 3 heteroatoms. The Morgan fingerprint density at radius 1 is 1.05 bits per heavy atom. The van der Waals surface area contributed by atoms with E-state index in [1.807, 2.05) is 25.4 Å². The van der Waals surface area contributed by atoms with Gasteiger partial charge in [0.15, 0.2) is 0 Å². The van der Waals surface area contributed by atoms with Gasteiger partial charge in [-0.25, -0.2) is 4.98 Å². The van der Waals surface area contributed by atoms with Crippen LogP contribution in [-0.2, 0) is 6.42 Å². The SMILES string of the molecule is CC(O)CCc1[nH]cc[n+]1-c1ccccc1-c1ccccc1. The number of aliphatic hydroxyl groups is 1. The Kier molecular flexibility index (Phi) is 4.35. The van der Waals surface area contributed by atoms with Gasteiger partial charge in [-0.15, -0.1) is 0 Å². The molecule has 3 nitrogen and oxygen atoms in total. The van der Waals surface area contributed by atoms with Crippen LogP contribution >= 0.6 is 0 Å². The average molecular weight is 293 g/mol. The van der Waals surface area contributed by atoms with Gasteiger partial charge in [-0.1, -0.05) is 48.5 Å². The summed E-state index contributed by atoms with van der Waals surface area (Å²) in [7, 11) is 0. The van der Waals surface area contributed by atoms with Crippen molar-refractivity contribution in [3.05, 3.63) is 72.8 Å². The highest BCUT2D eigenvalue weighted by atomic mass is 16.3. The zero-order valence-electron chi connectivity index (χ0n) is 12.7. The number of aliphatic hydroxyl groups excluding tert-OH is 1. The number of hydrogen-bond donors (Lipinski definition) is 2. The maximum atomic E-state index is 9.52. The molecule has 22 heavy (non-hydrogen) atoms. The van der Waals surface area contributed by atoms with Crippen LogP contribution in [0.1, 0.15) is 19.2 Å². The van der Waals surface area contributed by atoms with Gasteiger partial charge in [-0.3, -0.25) is 0 Å². The molecule has 1 atom stereocenters. The van der Waals surface area contributed by atoms with Gasteiger partial charge in [0, 0.05) is 5.56 Å². The number of nitrogens with zero attached hydrogens (tertiary/aromatic N) is 1. The minimum absolute atomic E-state index is 0.291. The third-order valence-corrected chi connectivity index (χ3v) is 3.81. The van der Waals surface area contributed by atoms with Crippen LogP contribution < -0.4 is 4.57 Å². The molecule has 0 amide bonds. The van der Waals surface area contributed by atoms with E-state index in [0.717, 1.165) is 24.4 Å². The first-order chi connectivity index (χ1) is 10.8. The largest absolute Gasteiger partial charge is 0.393 e. The number of hydrogen-bond acceptors (Lipinski definition) is 1. The number of aryl methyl sites for hydroxylation is 1. The summed E-state index contributed by atoms with van der Waals surface area (Å²) in [6.07, 6.45) is 5.25. The fourth-order valence-corrected chi connectivity index (χ4v) is 2.68. The van der Waals surface area contributed by atoms with Crippen LogP contribution in [0.5, 0.6) is 0 Å². The first kappa shape index (κ1) is 14.5. The molecule has 0 radical (unpaired) electrons. The number of aromatic nitrogens is 2. The summed E-state index contributed by atoms with van der Waals surface area (Å²) in [6.45, 7) is 1.82. The number of para-hydroxylation sites is 1. The number of nitrogens with one attached hydrogen (secondary N) is 1. The Labute approximate surface area is 130 Å². The minimum Gasteiger partial charge on any atom is -0.393 e. The van der Waals surface area contributed by atoms with Crippen molar-refractivity contribution in [1.82, 2.24) is 4.98 Å². The first-order valence-corrected chi connectivity index (χ1v) is 7.66. The Morgan fingerprint density at radius 2 is 1.77 bits per heavy atom. The molecule has 2 N–H and O–H groups in total. The number of H-pyrrole nitrogens is 1. The molecular weight excluding hydrogens is 272 g/mol. The molecule has 3 aromatic rings. The fraction of sp³-hybridized carbons (Fsp3) is 0.211.